The lowest BCUT2D eigenvalue weighted by atomic mass is 9.84. The van der Waals surface area contributed by atoms with E-state index in [1.807, 2.05) is 0 Å². The van der Waals surface area contributed by atoms with Gasteiger partial charge in [-0.05, 0) is 50.3 Å². The van der Waals surface area contributed by atoms with Crippen molar-refractivity contribution in [2.75, 3.05) is 39.5 Å². The lowest BCUT2D eigenvalue weighted by Gasteiger charge is -2.24. The third kappa shape index (κ3) is 5.02. The van der Waals surface area contributed by atoms with Crippen molar-refractivity contribution in [2.45, 2.75) is 33.1 Å². The first kappa shape index (κ1) is 19.7. The van der Waals surface area contributed by atoms with Crippen molar-refractivity contribution >= 4 is 16.9 Å². The molecule has 27 heavy (non-hydrogen) atoms. The number of aliphatic hydroxyl groups excluding tert-OH is 1. The van der Waals surface area contributed by atoms with Gasteiger partial charge in [0.05, 0.1) is 13.2 Å². The number of benzene rings is 1. The largest absolute Gasteiger partial charge is 0.396 e. The Morgan fingerprint density at radius 2 is 2.26 bits per heavy atom. The monoisotopic (exact) mass is 372 g/mol. The average Bonchev–Trinajstić information content (AvgIpc) is 3.27. The maximum atomic E-state index is 9.37. The van der Waals surface area contributed by atoms with Crippen molar-refractivity contribution in [2.24, 2.45) is 10.4 Å². The molecule has 1 saturated heterocycles. The van der Waals surface area contributed by atoms with Gasteiger partial charge in [0.25, 0.3) is 0 Å². The van der Waals surface area contributed by atoms with Crippen LogP contribution >= 0.6 is 0 Å². The lowest BCUT2D eigenvalue weighted by molar-refractivity contribution is 0.131. The van der Waals surface area contributed by atoms with E-state index < -0.39 is 0 Å². The number of H-pyrrole nitrogens is 1. The van der Waals surface area contributed by atoms with E-state index in [-0.39, 0.29) is 12.0 Å². The Morgan fingerprint density at radius 1 is 1.37 bits per heavy atom. The van der Waals surface area contributed by atoms with Crippen molar-refractivity contribution in [3.05, 3.63) is 35.5 Å². The minimum atomic E-state index is -0.0220. The van der Waals surface area contributed by atoms with Gasteiger partial charge < -0.3 is 25.5 Å². The van der Waals surface area contributed by atoms with Crippen LogP contribution < -0.4 is 10.6 Å². The normalized spacial score (nSPS) is 20.3. The van der Waals surface area contributed by atoms with E-state index in [4.69, 9.17) is 9.73 Å². The number of hydrogen-bond donors (Lipinski definition) is 4. The number of aliphatic hydroxyl groups is 1. The van der Waals surface area contributed by atoms with Gasteiger partial charge in [0.2, 0.25) is 0 Å². The molecule has 6 nitrogen and oxygen atoms in total. The number of aliphatic imine (C=N–C) groups is 1. The first-order chi connectivity index (χ1) is 13.2. The smallest absolute Gasteiger partial charge is 0.191 e. The van der Waals surface area contributed by atoms with Crippen LogP contribution in [-0.4, -0.2) is 55.5 Å². The molecule has 0 bridgehead atoms. The molecule has 3 rings (SSSR count). The van der Waals surface area contributed by atoms with E-state index in [0.29, 0.717) is 13.2 Å². The van der Waals surface area contributed by atoms with Crippen LogP contribution in [0.1, 0.15) is 30.9 Å². The van der Waals surface area contributed by atoms with Gasteiger partial charge in [0.1, 0.15) is 0 Å². The highest BCUT2D eigenvalue weighted by Gasteiger charge is 2.34. The topological polar surface area (TPSA) is 81.7 Å². The number of hydrogen-bond acceptors (Lipinski definition) is 3. The summed E-state index contributed by atoms with van der Waals surface area (Å²) < 4.78 is 5.56. The molecule has 4 N–H and O–H groups in total. The third-order valence-electron chi connectivity index (χ3n) is 5.35. The number of nitrogens with zero attached hydrogens (tertiary/aromatic N) is 1. The van der Waals surface area contributed by atoms with E-state index in [1.54, 1.807) is 0 Å². The summed E-state index contributed by atoms with van der Waals surface area (Å²) in [6.07, 6.45) is 4.73. The summed E-state index contributed by atoms with van der Waals surface area (Å²) in [6.45, 7) is 8.13. The van der Waals surface area contributed by atoms with Gasteiger partial charge in [-0.2, -0.15) is 0 Å². The van der Waals surface area contributed by atoms with E-state index in [2.05, 4.69) is 53.9 Å². The molecule has 0 aliphatic carbocycles. The molecule has 2 heterocycles. The average molecular weight is 373 g/mol. The fourth-order valence-electron chi connectivity index (χ4n) is 3.70. The number of aromatic amines is 1. The number of ether oxygens (including phenoxy) is 1. The Morgan fingerprint density at radius 3 is 3.00 bits per heavy atom. The van der Waals surface area contributed by atoms with Gasteiger partial charge in [0.15, 0.2) is 5.96 Å². The molecule has 0 radical (unpaired) electrons. The maximum Gasteiger partial charge on any atom is 0.191 e. The second kappa shape index (κ2) is 9.24. The molecule has 1 aliphatic rings. The van der Waals surface area contributed by atoms with Gasteiger partial charge in [-0.25, -0.2) is 0 Å². The summed E-state index contributed by atoms with van der Waals surface area (Å²) in [5.41, 5.74) is 3.75. The van der Waals surface area contributed by atoms with Crippen molar-refractivity contribution in [1.82, 2.24) is 15.6 Å². The Balaban J connectivity index is 1.59. The van der Waals surface area contributed by atoms with Crippen LogP contribution in [0.4, 0.5) is 0 Å². The number of aryl methyl sites for hydroxylation is 1. The summed E-state index contributed by atoms with van der Waals surface area (Å²) in [4.78, 5) is 8.14. The molecule has 1 aliphatic heterocycles. The zero-order valence-corrected chi connectivity index (χ0v) is 16.5. The second-order valence-corrected chi connectivity index (χ2v) is 7.51. The number of fused-ring (bicyclic) bond motifs is 1. The fraction of sp³-hybridized carbons (Fsp3) is 0.571. The molecule has 0 amide bonds. The van der Waals surface area contributed by atoms with E-state index >= 15 is 0 Å². The Bertz CT molecular complexity index is 763. The van der Waals surface area contributed by atoms with E-state index in [1.165, 1.54) is 22.0 Å². The van der Waals surface area contributed by atoms with Crippen LogP contribution in [0.2, 0.25) is 0 Å². The maximum absolute atomic E-state index is 9.37. The summed E-state index contributed by atoms with van der Waals surface area (Å²) in [5, 5.41) is 17.4. The fourth-order valence-corrected chi connectivity index (χ4v) is 3.70. The molecule has 0 spiro atoms. The van der Waals surface area contributed by atoms with Crippen molar-refractivity contribution in [3.8, 4) is 0 Å². The molecule has 1 aromatic carbocycles. The second-order valence-electron chi connectivity index (χ2n) is 7.51. The van der Waals surface area contributed by atoms with Crippen LogP contribution in [0.5, 0.6) is 0 Å². The summed E-state index contributed by atoms with van der Waals surface area (Å²) in [5.74, 6) is 0.831. The van der Waals surface area contributed by atoms with Gasteiger partial charge >= 0.3 is 0 Å². The molecule has 0 saturated carbocycles. The third-order valence-corrected chi connectivity index (χ3v) is 5.35. The highest BCUT2D eigenvalue weighted by atomic mass is 16.5. The molecular formula is C21H32N4O2. The van der Waals surface area contributed by atoms with Crippen LogP contribution in [0, 0.1) is 12.3 Å². The molecule has 2 aromatic rings. The molecular weight excluding hydrogens is 340 g/mol. The number of guanidine groups is 1. The minimum Gasteiger partial charge on any atom is -0.396 e. The summed E-state index contributed by atoms with van der Waals surface area (Å²) in [6, 6.07) is 6.53. The van der Waals surface area contributed by atoms with E-state index in [9.17, 15) is 5.11 Å². The summed E-state index contributed by atoms with van der Waals surface area (Å²) >= 11 is 0. The van der Waals surface area contributed by atoms with Gasteiger partial charge in [-0.3, -0.25) is 4.99 Å². The number of rotatable bonds is 8. The molecule has 1 unspecified atom stereocenters. The lowest BCUT2D eigenvalue weighted by Crippen LogP contribution is -2.39. The van der Waals surface area contributed by atoms with Gasteiger partial charge in [-0.15, -0.1) is 0 Å². The first-order valence-corrected chi connectivity index (χ1v) is 9.93. The van der Waals surface area contributed by atoms with Crippen LogP contribution in [0.15, 0.2) is 29.4 Å². The molecule has 1 fully saturated rings. The predicted molar refractivity (Wildman–Crippen MR) is 110 cm³/mol. The Hall–Kier alpha value is -2.05. The molecule has 1 atom stereocenters. The number of nitrogens with one attached hydrogen (secondary N) is 3. The highest BCUT2D eigenvalue weighted by Crippen LogP contribution is 2.32. The quantitative estimate of drug-likeness (QED) is 0.424. The number of aromatic nitrogens is 1. The predicted octanol–water partition coefficient (Wildman–Crippen LogP) is 2.36. The molecule has 6 heteroatoms. The molecule has 148 valence electrons. The van der Waals surface area contributed by atoms with E-state index in [0.717, 1.165) is 44.9 Å². The standard InChI is InChI=1S/C21H32N4O2/c1-3-22-20(25-14-21(7-10-26)8-11-27-15-21)23-9-6-17-13-24-19-12-16(2)4-5-18(17)19/h4-5,12-13,24,26H,3,6-11,14-15H2,1-2H3,(H2,22,23,25). The highest BCUT2D eigenvalue weighted by molar-refractivity contribution is 5.84. The zero-order valence-electron chi connectivity index (χ0n) is 16.5. The minimum absolute atomic E-state index is 0.0220. The van der Waals surface area contributed by atoms with Crippen molar-refractivity contribution < 1.29 is 9.84 Å². The SMILES string of the molecule is CCNC(=NCC1(CCO)CCOC1)NCCc1c[nH]c2cc(C)ccc12. The first-order valence-electron chi connectivity index (χ1n) is 9.93. The van der Waals surface area contributed by atoms with Crippen LogP contribution in [0.25, 0.3) is 10.9 Å². The van der Waals surface area contributed by atoms with Crippen LogP contribution in [-0.2, 0) is 11.2 Å². The zero-order chi connectivity index (χ0) is 19.1. The van der Waals surface area contributed by atoms with Crippen molar-refractivity contribution in [3.63, 3.8) is 0 Å². The van der Waals surface area contributed by atoms with Crippen LogP contribution in [0.3, 0.4) is 0 Å². The van der Waals surface area contributed by atoms with Gasteiger partial charge in [0, 0.05) is 48.8 Å². The summed E-state index contributed by atoms with van der Waals surface area (Å²) in [7, 11) is 0. The molecule has 1 aromatic heterocycles. The van der Waals surface area contributed by atoms with Crippen molar-refractivity contribution in [1.29, 1.82) is 0 Å². The van der Waals surface area contributed by atoms with Gasteiger partial charge in [-0.1, -0.05) is 12.1 Å². The Labute approximate surface area is 161 Å². The Kier molecular flexibility index (Phi) is 6.74.